The summed E-state index contributed by atoms with van der Waals surface area (Å²) in [4.78, 5) is 33.5. The average molecular weight is 457 g/mol. The van der Waals surface area contributed by atoms with E-state index in [4.69, 9.17) is 0 Å². The van der Waals surface area contributed by atoms with Crippen LogP contribution in [0.3, 0.4) is 0 Å². The number of rotatable bonds is 3. The van der Waals surface area contributed by atoms with Crippen molar-refractivity contribution in [1.29, 1.82) is 0 Å². The van der Waals surface area contributed by atoms with Gasteiger partial charge in [0.2, 0.25) is 11.9 Å². The van der Waals surface area contributed by atoms with E-state index in [0.717, 1.165) is 57.1 Å². The molecule has 1 aliphatic rings. The van der Waals surface area contributed by atoms with Crippen molar-refractivity contribution in [2.24, 2.45) is 0 Å². The largest absolute Gasteiger partial charge is 0.369 e. The van der Waals surface area contributed by atoms with Gasteiger partial charge < -0.3 is 21.3 Å². The maximum Gasteiger partial charge on any atom is 0.256 e. The number of fused-ring (bicyclic) bond motifs is 2. The summed E-state index contributed by atoms with van der Waals surface area (Å²) in [7, 11) is 0. The number of carbonyl (C=O) groups is 2. The van der Waals surface area contributed by atoms with Crippen LogP contribution in [0.1, 0.15) is 67.3 Å². The van der Waals surface area contributed by atoms with Crippen molar-refractivity contribution < 1.29 is 14.0 Å². The number of carbonyl (C=O) groups excluding carboxylic acids is 2. The van der Waals surface area contributed by atoms with Gasteiger partial charge in [0.05, 0.1) is 0 Å². The SMILES string of the molecule is O=C1CCCCCCCNc2ncc(C(=O)NCc3ccc(F)cc3)c(n2)NCCCCN1. The van der Waals surface area contributed by atoms with E-state index < -0.39 is 0 Å². The summed E-state index contributed by atoms with van der Waals surface area (Å²) in [5.74, 6) is 0.453. The first-order chi connectivity index (χ1) is 16.1. The number of hydrogen-bond acceptors (Lipinski definition) is 6. The summed E-state index contributed by atoms with van der Waals surface area (Å²) in [5.41, 5.74) is 1.15. The average Bonchev–Trinajstić information content (AvgIpc) is 2.82. The molecule has 0 unspecified atom stereocenters. The molecule has 1 aromatic heterocycles. The molecule has 4 N–H and O–H groups in total. The summed E-state index contributed by atoms with van der Waals surface area (Å²) in [6, 6.07) is 6.00. The van der Waals surface area contributed by atoms with Crippen molar-refractivity contribution in [2.75, 3.05) is 30.3 Å². The molecule has 8 nitrogen and oxygen atoms in total. The van der Waals surface area contributed by atoms with Crippen LogP contribution in [0.5, 0.6) is 0 Å². The second kappa shape index (κ2) is 13.3. The van der Waals surface area contributed by atoms with E-state index in [0.29, 0.717) is 36.8 Å². The topological polar surface area (TPSA) is 108 Å². The van der Waals surface area contributed by atoms with Gasteiger partial charge in [0.25, 0.3) is 5.91 Å². The Kier molecular flexibility index (Phi) is 9.87. The van der Waals surface area contributed by atoms with E-state index >= 15 is 0 Å². The van der Waals surface area contributed by atoms with Crippen molar-refractivity contribution in [2.45, 2.75) is 57.9 Å². The molecule has 2 aromatic rings. The zero-order valence-electron chi connectivity index (χ0n) is 19.0. The number of anilines is 2. The lowest BCUT2D eigenvalue weighted by atomic mass is 10.1. The first-order valence-electron chi connectivity index (χ1n) is 11.8. The highest BCUT2D eigenvalue weighted by molar-refractivity contribution is 5.98. The molecule has 0 saturated heterocycles. The van der Waals surface area contributed by atoms with Crippen molar-refractivity contribution in [3.8, 4) is 0 Å². The molecule has 9 heteroatoms. The van der Waals surface area contributed by atoms with Crippen molar-refractivity contribution in [3.05, 3.63) is 47.4 Å². The maximum absolute atomic E-state index is 13.1. The Morgan fingerprint density at radius 3 is 2.39 bits per heavy atom. The molecule has 0 saturated carbocycles. The third-order valence-corrected chi connectivity index (χ3v) is 5.48. The minimum absolute atomic E-state index is 0.117. The fourth-order valence-corrected chi connectivity index (χ4v) is 3.56. The zero-order chi connectivity index (χ0) is 23.3. The molecule has 1 aliphatic heterocycles. The Bertz CT molecular complexity index is 906. The normalized spacial score (nSPS) is 16.3. The quantitative estimate of drug-likeness (QED) is 0.562. The van der Waals surface area contributed by atoms with Gasteiger partial charge in [0.15, 0.2) is 0 Å². The van der Waals surface area contributed by atoms with Gasteiger partial charge in [-0.25, -0.2) is 9.37 Å². The summed E-state index contributed by atoms with van der Waals surface area (Å²) >= 11 is 0. The molecule has 2 bridgehead atoms. The summed E-state index contributed by atoms with van der Waals surface area (Å²) < 4.78 is 13.1. The van der Waals surface area contributed by atoms with Crippen molar-refractivity contribution in [1.82, 2.24) is 20.6 Å². The van der Waals surface area contributed by atoms with E-state index in [1.807, 2.05) is 0 Å². The number of benzene rings is 1. The monoisotopic (exact) mass is 456 g/mol. The highest BCUT2D eigenvalue weighted by atomic mass is 19.1. The third-order valence-electron chi connectivity index (χ3n) is 5.48. The molecule has 0 radical (unpaired) electrons. The molecule has 178 valence electrons. The van der Waals surface area contributed by atoms with Gasteiger partial charge in [0, 0.05) is 38.8 Å². The number of nitrogens with one attached hydrogen (secondary N) is 4. The second-order valence-corrected chi connectivity index (χ2v) is 8.19. The minimum Gasteiger partial charge on any atom is -0.369 e. The molecule has 33 heavy (non-hydrogen) atoms. The fraction of sp³-hybridized carbons (Fsp3) is 0.500. The Morgan fingerprint density at radius 2 is 1.58 bits per heavy atom. The Labute approximate surface area is 194 Å². The van der Waals surface area contributed by atoms with E-state index in [-0.39, 0.29) is 24.2 Å². The maximum atomic E-state index is 13.1. The fourth-order valence-electron chi connectivity index (χ4n) is 3.56. The zero-order valence-corrected chi connectivity index (χ0v) is 19.0. The molecule has 0 fully saturated rings. The Hall–Kier alpha value is -3.23. The predicted molar refractivity (Wildman–Crippen MR) is 127 cm³/mol. The van der Waals surface area contributed by atoms with Gasteiger partial charge >= 0.3 is 0 Å². The van der Waals surface area contributed by atoms with Gasteiger partial charge in [0.1, 0.15) is 17.2 Å². The lowest BCUT2D eigenvalue weighted by Crippen LogP contribution is -2.26. The molecular weight excluding hydrogens is 423 g/mol. The van der Waals surface area contributed by atoms with Crippen LogP contribution in [0.25, 0.3) is 0 Å². The summed E-state index contributed by atoms with van der Waals surface area (Å²) in [5, 5.41) is 12.3. The predicted octanol–water partition coefficient (Wildman–Crippen LogP) is 3.62. The Balaban J connectivity index is 1.63. The molecule has 2 heterocycles. The van der Waals surface area contributed by atoms with E-state index in [9.17, 15) is 14.0 Å². The van der Waals surface area contributed by atoms with Crippen LogP contribution >= 0.6 is 0 Å². The van der Waals surface area contributed by atoms with E-state index in [1.54, 1.807) is 12.1 Å². The highest BCUT2D eigenvalue weighted by Gasteiger charge is 2.15. The summed E-state index contributed by atoms with van der Waals surface area (Å²) in [6.07, 6.45) is 8.90. The van der Waals surface area contributed by atoms with Gasteiger partial charge in [-0.2, -0.15) is 4.98 Å². The minimum atomic E-state index is -0.315. The van der Waals surface area contributed by atoms with Crippen molar-refractivity contribution >= 4 is 23.6 Å². The lowest BCUT2D eigenvalue weighted by molar-refractivity contribution is -0.121. The number of aromatic nitrogens is 2. The van der Waals surface area contributed by atoms with Crippen LogP contribution < -0.4 is 21.3 Å². The van der Waals surface area contributed by atoms with Crippen LogP contribution in [0.4, 0.5) is 16.2 Å². The molecule has 0 spiro atoms. The van der Waals surface area contributed by atoms with Crippen LogP contribution in [0.2, 0.25) is 0 Å². The van der Waals surface area contributed by atoms with E-state index in [2.05, 4.69) is 31.2 Å². The number of halogens is 1. The van der Waals surface area contributed by atoms with Crippen LogP contribution in [0.15, 0.2) is 30.5 Å². The lowest BCUT2D eigenvalue weighted by Gasteiger charge is -2.14. The standard InChI is InChI=1S/C24H33FN6O2/c25-19-11-9-18(10-12-19)16-29-23(33)20-17-30-24-28-15-5-3-1-2-4-8-21(32)26-13-6-7-14-27-22(20)31-24/h9-12,17H,1-8,13-16H2,(H,26,32)(H,29,33)(H2,27,28,30,31). The van der Waals surface area contributed by atoms with Gasteiger partial charge in [-0.05, 0) is 43.4 Å². The van der Waals surface area contributed by atoms with Gasteiger partial charge in [-0.15, -0.1) is 0 Å². The third kappa shape index (κ3) is 8.67. The van der Waals surface area contributed by atoms with E-state index in [1.165, 1.54) is 18.3 Å². The smallest absolute Gasteiger partial charge is 0.256 e. The molecule has 0 aliphatic carbocycles. The van der Waals surface area contributed by atoms with Crippen LogP contribution in [0, 0.1) is 5.82 Å². The first kappa shape index (κ1) is 24.4. The van der Waals surface area contributed by atoms with Crippen LogP contribution in [-0.4, -0.2) is 41.4 Å². The van der Waals surface area contributed by atoms with Crippen LogP contribution in [-0.2, 0) is 11.3 Å². The second-order valence-electron chi connectivity index (χ2n) is 8.19. The molecule has 3 rings (SSSR count). The van der Waals surface area contributed by atoms with Crippen molar-refractivity contribution in [3.63, 3.8) is 0 Å². The number of hydrogen-bond donors (Lipinski definition) is 4. The molecule has 1 aromatic carbocycles. The molecular formula is C24H33FN6O2. The molecule has 2 amide bonds. The highest BCUT2D eigenvalue weighted by Crippen LogP contribution is 2.15. The summed E-state index contributed by atoms with van der Waals surface area (Å²) in [6.45, 7) is 2.28. The Morgan fingerprint density at radius 1 is 0.909 bits per heavy atom. The van der Waals surface area contributed by atoms with Gasteiger partial charge in [-0.3, -0.25) is 9.59 Å². The van der Waals surface area contributed by atoms with Gasteiger partial charge in [-0.1, -0.05) is 31.4 Å². The number of nitrogens with zero attached hydrogens (tertiary/aromatic N) is 2. The molecule has 0 atom stereocenters. The first-order valence-corrected chi connectivity index (χ1v) is 11.8. The number of amides is 2.